The third-order valence-electron chi connectivity index (χ3n) is 1.15. The van der Waals surface area contributed by atoms with E-state index in [9.17, 15) is 4.79 Å². The SMILES string of the molecule is [C-]#[N+]CN(CC#N)C(=O)OC(C)(C)C. The maximum atomic E-state index is 11.3. The van der Waals surface area contributed by atoms with Crippen LogP contribution in [0.2, 0.25) is 0 Å². The summed E-state index contributed by atoms with van der Waals surface area (Å²) in [5, 5.41) is 8.41. The second-order valence-corrected chi connectivity index (χ2v) is 3.64. The first kappa shape index (κ1) is 12.2. The van der Waals surface area contributed by atoms with Gasteiger partial charge in [0.05, 0.1) is 6.07 Å². The van der Waals surface area contributed by atoms with Crippen LogP contribution in [-0.4, -0.2) is 29.8 Å². The van der Waals surface area contributed by atoms with Gasteiger partial charge in [0, 0.05) is 0 Å². The first-order chi connectivity index (χ1) is 6.40. The van der Waals surface area contributed by atoms with Crippen molar-refractivity contribution in [3.8, 4) is 6.07 Å². The van der Waals surface area contributed by atoms with Gasteiger partial charge < -0.3 is 4.74 Å². The summed E-state index contributed by atoms with van der Waals surface area (Å²) in [4.78, 5) is 15.4. The Labute approximate surface area is 83.7 Å². The molecule has 5 nitrogen and oxygen atoms in total. The van der Waals surface area contributed by atoms with Crippen molar-refractivity contribution in [2.24, 2.45) is 0 Å². The van der Waals surface area contributed by atoms with Crippen LogP contribution in [0, 0.1) is 17.9 Å². The van der Waals surface area contributed by atoms with Gasteiger partial charge in [-0.2, -0.15) is 5.26 Å². The molecule has 0 rings (SSSR count). The van der Waals surface area contributed by atoms with E-state index in [1.807, 2.05) is 0 Å². The number of hydrogen-bond acceptors (Lipinski definition) is 3. The highest BCUT2D eigenvalue weighted by molar-refractivity contribution is 5.68. The predicted octanol–water partition coefficient (Wildman–Crippen LogP) is 1.62. The van der Waals surface area contributed by atoms with E-state index in [4.69, 9.17) is 16.6 Å². The molecule has 1 amide bonds. The quantitative estimate of drug-likeness (QED) is 0.497. The smallest absolute Gasteiger partial charge is 0.416 e. The fourth-order valence-electron chi connectivity index (χ4n) is 0.669. The first-order valence-electron chi connectivity index (χ1n) is 4.09. The van der Waals surface area contributed by atoms with Crippen molar-refractivity contribution in [2.45, 2.75) is 26.4 Å². The van der Waals surface area contributed by atoms with Crippen molar-refractivity contribution in [3.05, 3.63) is 11.4 Å². The Morgan fingerprint density at radius 1 is 1.64 bits per heavy atom. The summed E-state index contributed by atoms with van der Waals surface area (Å²) in [6.07, 6.45) is -0.630. The molecule has 0 saturated heterocycles. The highest BCUT2D eigenvalue weighted by Gasteiger charge is 2.22. The van der Waals surface area contributed by atoms with Crippen molar-refractivity contribution < 1.29 is 9.53 Å². The summed E-state index contributed by atoms with van der Waals surface area (Å²) in [6.45, 7) is 11.5. The van der Waals surface area contributed by atoms with Gasteiger partial charge in [0.25, 0.3) is 6.67 Å². The van der Waals surface area contributed by atoms with Crippen molar-refractivity contribution in [3.63, 3.8) is 0 Å². The molecule has 0 aromatic rings. The maximum Gasteiger partial charge on any atom is 0.416 e. The minimum Gasteiger partial charge on any atom is -0.444 e. The van der Waals surface area contributed by atoms with E-state index in [0.29, 0.717) is 0 Å². The highest BCUT2D eigenvalue weighted by atomic mass is 16.6. The second-order valence-electron chi connectivity index (χ2n) is 3.64. The molecule has 0 aliphatic heterocycles. The average Bonchev–Trinajstić information content (AvgIpc) is 2.01. The fourth-order valence-corrected chi connectivity index (χ4v) is 0.669. The molecule has 0 fully saturated rings. The van der Waals surface area contributed by atoms with E-state index in [-0.39, 0.29) is 13.2 Å². The Hall–Kier alpha value is -1.75. The fraction of sp³-hybridized carbons (Fsp3) is 0.667. The van der Waals surface area contributed by atoms with E-state index in [1.165, 1.54) is 0 Å². The van der Waals surface area contributed by atoms with E-state index >= 15 is 0 Å². The van der Waals surface area contributed by atoms with Gasteiger partial charge in [-0.25, -0.2) is 16.3 Å². The first-order valence-corrected chi connectivity index (χ1v) is 4.09. The topological polar surface area (TPSA) is 57.7 Å². The number of carbonyl (C=O) groups is 1. The standard InChI is InChI=1S/C9H13N3O2/c1-9(2,3)14-8(13)12(6-5-10)7-11-4/h6-7H2,1-3H3. The lowest BCUT2D eigenvalue weighted by Gasteiger charge is -2.22. The molecule has 5 heteroatoms. The molecule has 0 atom stereocenters. The number of carbonyl (C=O) groups excluding carboxylic acids is 1. The molecular weight excluding hydrogens is 182 g/mol. The van der Waals surface area contributed by atoms with Crippen LogP contribution in [0.5, 0.6) is 0 Å². The summed E-state index contributed by atoms with van der Waals surface area (Å²) in [6, 6.07) is 1.80. The van der Waals surface area contributed by atoms with Gasteiger partial charge in [0.2, 0.25) is 0 Å². The van der Waals surface area contributed by atoms with Gasteiger partial charge in [-0.1, -0.05) is 0 Å². The van der Waals surface area contributed by atoms with Gasteiger partial charge in [-0.15, -0.1) is 0 Å². The van der Waals surface area contributed by atoms with Crippen molar-refractivity contribution in [2.75, 3.05) is 13.2 Å². The molecule has 76 valence electrons. The third-order valence-corrected chi connectivity index (χ3v) is 1.15. The number of ether oxygens (including phenoxy) is 1. The van der Waals surface area contributed by atoms with Gasteiger partial charge in [-0.3, -0.25) is 4.85 Å². The molecule has 0 aromatic heterocycles. The van der Waals surface area contributed by atoms with Crippen molar-refractivity contribution in [1.82, 2.24) is 4.90 Å². The monoisotopic (exact) mass is 195 g/mol. The van der Waals surface area contributed by atoms with Crippen LogP contribution >= 0.6 is 0 Å². The van der Waals surface area contributed by atoms with E-state index in [1.54, 1.807) is 26.8 Å². The number of nitrogens with zero attached hydrogens (tertiary/aromatic N) is 3. The molecule has 0 spiro atoms. The summed E-state index contributed by atoms with van der Waals surface area (Å²) in [7, 11) is 0. The minimum absolute atomic E-state index is 0.128. The average molecular weight is 195 g/mol. The van der Waals surface area contributed by atoms with Crippen LogP contribution in [0.3, 0.4) is 0 Å². The molecule has 0 aliphatic carbocycles. The van der Waals surface area contributed by atoms with Gasteiger partial charge in [-0.05, 0) is 20.8 Å². The molecule has 0 radical (unpaired) electrons. The van der Waals surface area contributed by atoms with Crippen LogP contribution < -0.4 is 0 Å². The van der Waals surface area contributed by atoms with E-state index in [0.717, 1.165) is 4.90 Å². The lowest BCUT2D eigenvalue weighted by atomic mass is 10.2. The lowest BCUT2D eigenvalue weighted by Crippen LogP contribution is -2.36. The van der Waals surface area contributed by atoms with Crippen molar-refractivity contribution in [1.29, 1.82) is 5.26 Å². The minimum atomic E-state index is -0.630. The molecule has 0 aromatic carbocycles. The molecule has 0 unspecified atom stereocenters. The molecule has 0 heterocycles. The van der Waals surface area contributed by atoms with E-state index < -0.39 is 11.7 Å². The zero-order valence-electron chi connectivity index (χ0n) is 8.57. The van der Waals surface area contributed by atoms with Gasteiger partial charge in [0.15, 0.2) is 0 Å². The largest absolute Gasteiger partial charge is 0.444 e. The second kappa shape index (κ2) is 5.08. The summed E-state index contributed by atoms with van der Waals surface area (Å²) in [5.41, 5.74) is -0.604. The summed E-state index contributed by atoms with van der Waals surface area (Å²) >= 11 is 0. The molecule has 0 aliphatic rings. The Bertz CT molecular complexity index is 264. The Kier molecular flexibility index (Phi) is 4.45. The lowest BCUT2D eigenvalue weighted by molar-refractivity contribution is 0.0294. The van der Waals surface area contributed by atoms with Gasteiger partial charge >= 0.3 is 6.09 Å². The molecule has 0 bridgehead atoms. The highest BCUT2D eigenvalue weighted by Crippen LogP contribution is 2.09. The Morgan fingerprint density at radius 3 is 2.57 bits per heavy atom. The number of nitriles is 1. The Balaban J connectivity index is 4.32. The van der Waals surface area contributed by atoms with Crippen LogP contribution in [0.15, 0.2) is 0 Å². The van der Waals surface area contributed by atoms with Crippen LogP contribution in [0.25, 0.3) is 4.85 Å². The van der Waals surface area contributed by atoms with Crippen LogP contribution in [0.1, 0.15) is 20.8 Å². The molecule has 14 heavy (non-hydrogen) atoms. The predicted molar refractivity (Wildman–Crippen MR) is 50.0 cm³/mol. The normalized spacial score (nSPS) is 9.79. The number of amides is 1. The van der Waals surface area contributed by atoms with Crippen LogP contribution in [-0.2, 0) is 4.74 Å². The Morgan fingerprint density at radius 2 is 2.21 bits per heavy atom. The molecule has 0 saturated carbocycles. The number of rotatable bonds is 2. The zero-order chi connectivity index (χ0) is 11.2. The van der Waals surface area contributed by atoms with Crippen molar-refractivity contribution >= 4 is 6.09 Å². The summed E-state index contributed by atoms with van der Waals surface area (Å²) < 4.78 is 5.00. The molecule has 0 N–H and O–H groups in total. The summed E-state index contributed by atoms with van der Waals surface area (Å²) in [5.74, 6) is 0. The van der Waals surface area contributed by atoms with E-state index in [2.05, 4.69) is 4.85 Å². The van der Waals surface area contributed by atoms with Crippen LogP contribution in [0.4, 0.5) is 4.79 Å². The maximum absolute atomic E-state index is 11.3. The molecular formula is C9H13N3O2. The van der Waals surface area contributed by atoms with Gasteiger partial charge in [0.1, 0.15) is 12.1 Å². The third kappa shape index (κ3) is 5.00. The zero-order valence-corrected chi connectivity index (χ0v) is 8.57. The number of hydrogen-bond donors (Lipinski definition) is 0.